The van der Waals surface area contributed by atoms with E-state index in [2.05, 4.69) is 10.4 Å². The molecule has 0 radical (unpaired) electrons. The van der Waals surface area contributed by atoms with E-state index in [1.807, 2.05) is 0 Å². The summed E-state index contributed by atoms with van der Waals surface area (Å²) in [6.45, 7) is 0. The van der Waals surface area contributed by atoms with Gasteiger partial charge in [0.1, 0.15) is 6.33 Å². The highest BCUT2D eigenvalue weighted by Crippen LogP contribution is 2.36. The van der Waals surface area contributed by atoms with Crippen molar-refractivity contribution >= 4 is 16.9 Å². The molecule has 2 aromatic carbocycles. The Kier molecular flexibility index (Phi) is 4.13. The molecule has 0 aliphatic carbocycles. The summed E-state index contributed by atoms with van der Waals surface area (Å²) in [6, 6.07) is 7.22. The summed E-state index contributed by atoms with van der Waals surface area (Å²) in [4.78, 5) is 16.2. The Bertz CT molecular complexity index is 942. The number of aromatic nitrogens is 2. The third kappa shape index (κ3) is 3.48. The van der Waals surface area contributed by atoms with E-state index >= 15 is 0 Å². The maximum atomic E-state index is 12.9. The number of fused-ring (bicyclic) bond motifs is 1. The molecule has 0 spiro atoms. The fourth-order valence-electron chi connectivity index (χ4n) is 2.31. The van der Waals surface area contributed by atoms with E-state index < -0.39 is 35.0 Å². The van der Waals surface area contributed by atoms with Gasteiger partial charge < -0.3 is 0 Å². The number of nitrogens with one attached hydrogen (secondary N) is 1. The first-order valence-electron chi connectivity index (χ1n) is 7.08. The van der Waals surface area contributed by atoms with Crippen LogP contribution in [0.15, 0.2) is 48.8 Å². The van der Waals surface area contributed by atoms with Crippen LogP contribution in [0.5, 0.6) is 0 Å². The second kappa shape index (κ2) is 6.04. The quantitative estimate of drug-likeness (QED) is 0.675. The van der Waals surface area contributed by atoms with Crippen molar-refractivity contribution in [1.29, 1.82) is 0 Å². The number of rotatable bonds is 2. The van der Waals surface area contributed by atoms with Crippen molar-refractivity contribution in [2.75, 3.05) is 5.43 Å². The smallest absolute Gasteiger partial charge is 0.267 e. The first-order chi connectivity index (χ1) is 12.1. The Labute approximate surface area is 142 Å². The second-order valence-corrected chi connectivity index (χ2v) is 5.34. The van der Waals surface area contributed by atoms with E-state index in [9.17, 15) is 31.1 Å². The monoisotopic (exact) mass is 373 g/mol. The molecular formula is C16H9F6N3O. The summed E-state index contributed by atoms with van der Waals surface area (Å²) >= 11 is 0. The van der Waals surface area contributed by atoms with E-state index in [4.69, 9.17) is 0 Å². The maximum Gasteiger partial charge on any atom is 0.416 e. The van der Waals surface area contributed by atoms with Gasteiger partial charge in [0.2, 0.25) is 0 Å². The number of amides is 1. The molecule has 1 heterocycles. The SMILES string of the molecule is O=C(Nn1cnc2ccccc21)c1cc(C(F)(F)F)cc(C(F)(F)F)c1. The number of para-hydroxylation sites is 2. The van der Waals surface area contributed by atoms with Gasteiger partial charge in [0.05, 0.1) is 22.2 Å². The molecule has 0 aliphatic heterocycles. The number of benzene rings is 2. The molecule has 0 fully saturated rings. The van der Waals surface area contributed by atoms with Crippen molar-refractivity contribution in [1.82, 2.24) is 9.66 Å². The molecule has 136 valence electrons. The minimum absolute atomic E-state index is 0.0383. The largest absolute Gasteiger partial charge is 0.416 e. The zero-order chi connectivity index (χ0) is 19.1. The molecule has 0 saturated carbocycles. The van der Waals surface area contributed by atoms with E-state index in [0.717, 1.165) is 4.68 Å². The van der Waals surface area contributed by atoms with Crippen molar-refractivity contribution in [2.45, 2.75) is 12.4 Å². The lowest BCUT2D eigenvalue weighted by Crippen LogP contribution is -2.23. The highest BCUT2D eigenvalue weighted by Gasteiger charge is 2.37. The van der Waals surface area contributed by atoms with Gasteiger partial charge in [0, 0.05) is 5.56 Å². The average Bonchev–Trinajstić information content (AvgIpc) is 2.96. The number of imidazole rings is 1. The van der Waals surface area contributed by atoms with E-state index in [0.29, 0.717) is 23.2 Å². The maximum absolute atomic E-state index is 12.9. The van der Waals surface area contributed by atoms with Gasteiger partial charge in [-0.3, -0.25) is 10.2 Å². The Morgan fingerprint density at radius 3 is 2.08 bits per heavy atom. The lowest BCUT2D eigenvalue weighted by molar-refractivity contribution is -0.143. The van der Waals surface area contributed by atoms with Crippen LogP contribution < -0.4 is 5.43 Å². The van der Waals surface area contributed by atoms with Crippen LogP contribution in [-0.4, -0.2) is 15.6 Å². The highest BCUT2D eigenvalue weighted by atomic mass is 19.4. The molecule has 0 aliphatic rings. The highest BCUT2D eigenvalue weighted by molar-refractivity contribution is 6.01. The molecule has 0 bridgehead atoms. The standard InChI is InChI=1S/C16H9F6N3O/c17-15(18,19)10-5-9(6-11(7-10)16(20,21)22)14(26)24-25-8-23-12-3-1-2-4-13(12)25/h1-8H,(H,24,26). The third-order valence-corrected chi connectivity index (χ3v) is 3.53. The van der Waals surface area contributed by atoms with Crippen molar-refractivity contribution in [3.63, 3.8) is 0 Å². The van der Waals surface area contributed by atoms with Crippen molar-refractivity contribution in [2.24, 2.45) is 0 Å². The Morgan fingerprint density at radius 2 is 1.50 bits per heavy atom. The molecule has 26 heavy (non-hydrogen) atoms. The van der Waals surface area contributed by atoms with E-state index in [-0.39, 0.29) is 6.07 Å². The van der Waals surface area contributed by atoms with Crippen LogP contribution >= 0.6 is 0 Å². The fourth-order valence-corrected chi connectivity index (χ4v) is 2.31. The molecule has 1 amide bonds. The van der Waals surface area contributed by atoms with Crippen molar-refractivity contribution in [3.8, 4) is 0 Å². The Hall–Kier alpha value is -3.04. The number of hydrogen-bond acceptors (Lipinski definition) is 2. The summed E-state index contributed by atoms with van der Waals surface area (Å²) in [5.74, 6) is -1.13. The predicted molar refractivity (Wildman–Crippen MR) is 79.9 cm³/mol. The van der Waals surface area contributed by atoms with Crippen LogP contribution in [0.2, 0.25) is 0 Å². The van der Waals surface area contributed by atoms with Crippen LogP contribution in [0.1, 0.15) is 21.5 Å². The van der Waals surface area contributed by atoms with Gasteiger partial charge in [-0.2, -0.15) is 26.3 Å². The second-order valence-electron chi connectivity index (χ2n) is 5.34. The van der Waals surface area contributed by atoms with Gasteiger partial charge >= 0.3 is 12.4 Å². The lowest BCUT2D eigenvalue weighted by Gasteiger charge is -2.14. The lowest BCUT2D eigenvalue weighted by atomic mass is 10.0. The summed E-state index contributed by atoms with van der Waals surface area (Å²) in [5, 5.41) is 0. The zero-order valence-electron chi connectivity index (χ0n) is 12.7. The van der Waals surface area contributed by atoms with Gasteiger partial charge in [-0.15, -0.1) is 0 Å². The molecule has 1 aromatic heterocycles. The normalized spacial score (nSPS) is 12.4. The molecule has 0 saturated heterocycles. The third-order valence-electron chi connectivity index (χ3n) is 3.53. The number of halogens is 6. The van der Waals surface area contributed by atoms with Gasteiger partial charge in [0.25, 0.3) is 5.91 Å². The van der Waals surface area contributed by atoms with Gasteiger partial charge in [0.15, 0.2) is 0 Å². The molecule has 0 atom stereocenters. The molecular weight excluding hydrogens is 364 g/mol. The Balaban J connectivity index is 2.01. The average molecular weight is 373 g/mol. The van der Waals surface area contributed by atoms with Crippen LogP contribution in [-0.2, 0) is 12.4 Å². The van der Waals surface area contributed by atoms with Gasteiger partial charge in [-0.05, 0) is 30.3 Å². The number of carbonyl (C=O) groups excluding carboxylic acids is 1. The van der Waals surface area contributed by atoms with Gasteiger partial charge in [-0.1, -0.05) is 12.1 Å². The van der Waals surface area contributed by atoms with Crippen LogP contribution in [0, 0.1) is 0 Å². The fraction of sp³-hybridized carbons (Fsp3) is 0.125. The number of hydrogen-bond donors (Lipinski definition) is 1. The summed E-state index contributed by atoms with van der Waals surface area (Å²) in [5.41, 5.74) is -0.751. The predicted octanol–water partition coefficient (Wildman–Crippen LogP) is 4.46. The van der Waals surface area contributed by atoms with Crippen LogP contribution in [0.4, 0.5) is 26.3 Å². The minimum Gasteiger partial charge on any atom is -0.267 e. The number of alkyl halides is 6. The molecule has 3 rings (SSSR count). The van der Waals surface area contributed by atoms with Crippen LogP contribution in [0.3, 0.4) is 0 Å². The molecule has 4 nitrogen and oxygen atoms in total. The van der Waals surface area contributed by atoms with Crippen molar-refractivity contribution in [3.05, 3.63) is 65.5 Å². The number of nitrogens with zero attached hydrogens (tertiary/aromatic N) is 2. The Morgan fingerprint density at radius 1 is 0.923 bits per heavy atom. The van der Waals surface area contributed by atoms with E-state index in [1.165, 1.54) is 6.33 Å². The van der Waals surface area contributed by atoms with E-state index in [1.54, 1.807) is 24.3 Å². The molecule has 3 aromatic rings. The molecule has 10 heteroatoms. The summed E-state index contributed by atoms with van der Waals surface area (Å²) in [6.07, 6.45) is -8.86. The zero-order valence-corrected chi connectivity index (χ0v) is 12.7. The van der Waals surface area contributed by atoms with Crippen LogP contribution in [0.25, 0.3) is 11.0 Å². The minimum atomic E-state index is -5.03. The molecule has 1 N–H and O–H groups in total. The molecule has 0 unspecified atom stereocenters. The summed E-state index contributed by atoms with van der Waals surface area (Å²) < 4.78 is 78.3. The van der Waals surface area contributed by atoms with Crippen molar-refractivity contribution < 1.29 is 31.1 Å². The summed E-state index contributed by atoms with van der Waals surface area (Å²) in [7, 11) is 0. The number of carbonyl (C=O) groups is 1. The van der Waals surface area contributed by atoms with Gasteiger partial charge in [-0.25, -0.2) is 9.66 Å². The first-order valence-corrected chi connectivity index (χ1v) is 7.08. The first kappa shape index (κ1) is 17.8. The topological polar surface area (TPSA) is 46.9 Å².